The number of anilines is 1. The Balaban J connectivity index is 1.90. The maximum Gasteiger partial charge on any atom is 0.254 e. The van der Waals surface area contributed by atoms with E-state index in [-0.39, 0.29) is 5.91 Å². The normalized spacial score (nSPS) is 22.4. The van der Waals surface area contributed by atoms with Gasteiger partial charge in [-0.1, -0.05) is 0 Å². The number of amides is 1. The maximum absolute atomic E-state index is 11.8. The first-order chi connectivity index (χ1) is 9.60. The van der Waals surface area contributed by atoms with Gasteiger partial charge in [-0.15, -0.1) is 0 Å². The van der Waals surface area contributed by atoms with Crippen molar-refractivity contribution < 1.29 is 4.79 Å². The zero-order chi connectivity index (χ0) is 14.5. The molecule has 0 atom stereocenters. The molecule has 110 valence electrons. The number of hydrogen-bond acceptors (Lipinski definition) is 4. The third-order valence-corrected chi connectivity index (χ3v) is 4.91. The lowest BCUT2D eigenvalue weighted by Crippen LogP contribution is -2.27. The molecule has 0 saturated heterocycles. The quantitative estimate of drug-likeness (QED) is 0.927. The van der Waals surface area contributed by atoms with Crippen molar-refractivity contribution in [3.05, 3.63) is 23.9 Å². The van der Waals surface area contributed by atoms with Crippen LogP contribution in [0.1, 0.15) is 36.0 Å². The molecule has 2 rings (SSSR count). The molecule has 1 aliphatic carbocycles. The predicted molar refractivity (Wildman–Crippen MR) is 85.4 cm³/mol. The standard InChI is InChI=1S/C15H23N3OS/c1-18(2)15(19)11-4-9-14(16-10-11)17-12-5-7-13(20-3)8-6-12/h4,9-10,12-13H,5-8H2,1-3H3,(H,16,17). The summed E-state index contributed by atoms with van der Waals surface area (Å²) in [7, 11) is 3.50. The molecular formula is C15H23N3OS. The number of thioether (sulfide) groups is 1. The highest BCUT2D eigenvalue weighted by Gasteiger charge is 2.20. The van der Waals surface area contributed by atoms with E-state index in [0.29, 0.717) is 11.6 Å². The molecule has 1 saturated carbocycles. The Labute approximate surface area is 125 Å². The lowest BCUT2D eigenvalue weighted by atomic mass is 9.95. The minimum absolute atomic E-state index is 0.00970. The third kappa shape index (κ3) is 3.88. The average Bonchev–Trinajstić information content (AvgIpc) is 2.48. The SMILES string of the molecule is CSC1CCC(Nc2ccc(C(=O)N(C)C)cn2)CC1. The molecule has 1 aromatic heterocycles. The summed E-state index contributed by atoms with van der Waals surface area (Å²) in [5.41, 5.74) is 0.631. The van der Waals surface area contributed by atoms with Crippen LogP contribution in [-0.2, 0) is 0 Å². The lowest BCUT2D eigenvalue weighted by Gasteiger charge is -2.28. The maximum atomic E-state index is 11.8. The fourth-order valence-corrected chi connectivity index (χ4v) is 3.26. The fraction of sp³-hybridized carbons (Fsp3) is 0.600. The summed E-state index contributed by atoms with van der Waals surface area (Å²) in [6, 6.07) is 4.25. The van der Waals surface area contributed by atoms with Crippen LogP contribution in [0, 0.1) is 0 Å². The Hall–Kier alpha value is -1.23. The van der Waals surface area contributed by atoms with E-state index in [1.165, 1.54) is 25.7 Å². The summed E-state index contributed by atoms with van der Waals surface area (Å²) in [4.78, 5) is 17.7. The fourth-order valence-electron chi connectivity index (χ4n) is 2.52. The highest BCUT2D eigenvalue weighted by atomic mass is 32.2. The Morgan fingerprint density at radius 3 is 2.50 bits per heavy atom. The first-order valence-electron chi connectivity index (χ1n) is 7.07. The molecule has 0 bridgehead atoms. The zero-order valence-electron chi connectivity index (χ0n) is 12.4. The molecule has 0 spiro atoms. The van der Waals surface area contributed by atoms with E-state index in [1.807, 2.05) is 23.9 Å². The van der Waals surface area contributed by atoms with E-state index in [1.54, 1.807) is 25.2 Å². The Morgan fingerprint density at radius 1 is 1.30 bits per heavy atom. The van der Waals surface area contributed by atoms with E-state index in [9.17, 15) is 4.79 Å². The molecule has 1 N–H and O–H groups in total. The van der Waals surface area contributed by atoms with Gasteiger partial charge in [0.05, 0.1) is 5.56 Å². The molecule has 0 aliphatic heterocycles. The molecule has 20 heavy (non-hydrogen) atoms. The molecule has 0 aromatic carbocycles. The Kier molecular flexibility index (Phi) is 5.29. The van der Waals surface area contributed by atoms with E-state index in [0.717, 1.165) is 11.1 Å². The predicted octanol–water partition coefficient (Wildman–Crippen LogP) is 2.87. The second-order valence-electron chi connectivity index (χ2n) is 5.49. The van der Waals surface area contributed by atoms with Gasteiger partial charge in [-0.25, -0.2) is 4.98 Å². The van der Waals surface area contributed by atoms with Gasteiger partial charge in [0.25, 0.3) is 5.91 Å². The van der Waals surface area contributed by atoms with E-state index < -0.39 is 0 Å². The molecule has 1 aliphatic rings. The van der Waals surface area contributed by atoms with Gasteiger partial charge < -0.3 is 10.2 Å². The van der Waals surface area contributed by atoms with Crippen LogP contribution < -0.4 is 5.32 Å². The van der Waals surface area contributed by atoms with Crippen LogP contribution in [0.2, 0.25) is 0 Å². The van der Waals surface area contributed by atoms with Crippen molar-refractivity contribution in [2.24, 2.45) is 0 Å². The van der Waals surface area contributed by atoms with E-state index in [4.69, 9.17) is 0 Å². The molecule has 5 heteroatoms. The van der Waals surface area contributed by atoms with Gasteiger partial charge in [-0.2, -0.15) is 11.8 Å². The number of rotatable bonds is 4. The van der Waals surface area contributed by atoms with Crippen LogP contribution in [0.15, 0.2) is 18.3 Å². The van der Waals surface area contributed by atoms with Gasteiger partial charge in [0.2, 0.25) is 0 Å². The van der Waals surface area contributed by atoms with E-state index >= 15 is 0 Å². The number of aromatic nitrogens is 1. The molecular weight excluding hydrogens is 270 g/mol. The number of hydrogen-bond donors (Lipinski definition) is 1. The van der Waals surface area contributed by atoms with Crippen molar-refractivity contribution in [1.29, 1.82) is 0 Å². The smallest absolute Gasteiger partial charge is 0.254 e. The van der Waals surface area contributed by atoms with Gasteiger partial charge >= 0.3 is 0 Å². The number of pyridine rings is 1. The number of nitrogens with one attached hydrogen (secondary N) is 1. The molecule has 1 heterocycles. The monoisotopic (exact) mass is 293 g/mol. The molecule has 0 radical (unpaired) electrons. The third-order valence-electron chi connectivity index (χ3n) is 3.78. The van der Waals surface area contributed by atoms with Crippen LogP contribution in [0.4, 0.5) is 5.82 Å². The summed E-state index contributed by atoms with van der Waals surface area (Å²) in [6.07, 6.45) is 8.79. The molecule has 1 fully saturated rings. The van der Waals surface area contributed by atoms with Gasteiger partial charge in [0.1, 0.15) is 5.82 Å². The minimum Gasteiger partial charge on any atom is -0.367 e. The summed E-state index contributed by atoms with van der Waals surface area (Å²) in [5, 5.41) is 4.30. The van der Waals surface area contributed by atoms with Gasteiger partial charge in [0.15, 0.2) is 0 Å². The number of carbonyl (C=O) groups is 1. The van der Waals surface area contributed by atoms with Crippen molar-refractivity contribution in [2.75, 3.05) is 25.7 Å². The van der Waals surface area contributed by atoms with Crippen LogP contribution in [-0.4, -0.2) is 47.4 Å². The first-order valence-corrected chi connectivity index (χ1v) is 8.36. The van der Waals surface area contributed by atoms with Crippen LogP contribution in [0.5, 0.6) is 0 Å². The molecule has 4 nitrogen and oxygen atoms in total. The van der Waals surface area contributed by atoms with Gasteiger partial charge in [0, 0.05) is 31.6 Å². The van der Waals surface area contributed by atoms with Crippen molar-refractivity contribution in [1.82, 2.24) is 9.88 Å². The summed E-state index contributed by atoms with van der Waals surface area (Å²) < 4.78 is 0. The number of carbonyl (C=O) groups excluding carboxylic acids is 1. The first kappa shape index (κ1) is 15.2. The van der Waals surface area contributed by atoms with Gasteiger partial charge in [-0.05, 0) is 44.1 Å². The minimum atomic E-state index is -0.00970. The van der Waals surface area contributed by atoms with Gasteiger partial charge in [-0.3, -0.25) is 4.79 Å². The van der Waals surface area contributed by atoms with Crippen molar-refractivity contribution >= 4 is 23.5 Å². The van der Waals surface area contributed by atoms with Crippen LogP contribution >= 0.6 is 11.8 Å². The molecule has 0 unspecified atom stereocenters. The molecule has 1 amide bonds. The van der Waals surface area contributed by atoms with Crippen LogP contribution in [0.25, 0.3) is 0 Å². The lowest BCUT2D eigenvalue weighted by molar-refractivity contribution is 0.0827. The Bertz CT molecular complexity index is 439. The summed E-state index contributed by atoms with van der Waals surface area (Å²) in [5.74, 6) is 0.859. The number of nitrogens with zero attached hydrogens (tertiary/aromatic N) is 2. The summed E-state index contributed by atoms with van der Waals surface area (Å²) >= 11 is 1.98. The van der Waals surface area contributed by atoms with Crippen LogP contribution in [0.3, 0.4) is 0 Å². The highest BCUT2D eigenvalue weighted by molar-refractivity contribution is 7.99. The van der Waals surface area contributed by atoms with Crippen molar-refractivity contribution in [3.8, 4) is 0 Å². The summed E-state index contributed by atoms with van der Waals surface area (Å²) in [6.45, 7) is 0. The van der Waals surface area contributed by atoms with Crippen molar-refractivity contribution in [3.63, 3.8) is 0 Å². The zero-order valence-corrected chi connectivity index (χ0v) is 13.2. The highest BCUT2D eigenvalue weighted by Crippen LogP contribution is 2.28. The second-order valence-corrected chi connectivity index (χ2v) is 6.62. The molecule has 1 aromatic rings. The topological polar surface area (TPSA) is 45.2 Å². The average molecular weight is 293 g/mol. The largest absolute Gasteiger partial charge is 0.367 e. The van der Waals surface area contributed by atoms with E-state index in [2.05, 4.69) is 16.6 Å². The Morgan fingerprint density at radius 2 is 2.00 bits per heavy atom. The second kappa shape index (κ2) is 6.97. The van der Waals surface area contributed by atoms with Crippen molar-refractivity contribution in [2.45, 2.75) is 37.0 Å².